The minimum atomic E-state index is 0.178. The Morgan fingerprint density at radius 3 is 2.57 bits per heavy atom. The highest BCUT2D eigenvalue weighted by atomic mass is 16.5. The molecule has 0 radical (unpaired) electrons. The van der Waals surface area contributed by atoms with Crippen molar-refractivity contribution in [2.75, 3.05) is 7.11 Å². The number of benzene rings is 1. The zero-order chi connectivity index (χ0) is 14.4. The van der Waals surface area contributed by atoms with Gasteiger partial charge in [0.1, 0.15) is 5.75 Å². The lowest BCUT2D eigenvalue weighted by atomic mass is 10.1. The summed E-state index contributed by atoms with van der Waals surface area (Å²) in [6.45, 7) is 0. The molecule has 3 saturated carbocycles. The Hall–Kier alpha value is -1.51. The first-order valence-electron chi connectivity index (χ1n) is 8.20. The van der Waals surface area contributed by atoms with Crippen LogP contribution in [-0.2, 0) is 4.79 Å². The Kier molecular flexibility index (Phi) is 3.16. The molecular formula is C18H23NO2. The molecule has 0 saturated heterocycles. The molecular weight excluding hydrogens is 262 g/mol. The second-order valence-corrected chi connectivity index (χ2v) is 6.93. The van der Waals surface area contributed by atoms with Crippen molar-refractivity contribution in [2.24, 2.45) is 17.8 Å². The molecule has 1 N–H and O–H groups in total. The largest absolute Gasteiger partial charge is 0.497 e. The molecule has 0 aliphatic heterocycles. The molecule has 112 valence electrons. The maximum absolute atomic E-state index is 12.5. The van der Waals surface area contributed by atoms with Gasteiger partial charge in [0.25, 0.3) is 0 Å². The van der Waals surface area contributed by atoms with Crippen LogP contribution in [0.4, 0.5) is 0 Å². The number of hydrogen-bond acceptors (Lipinski definition) is 2. The molecule has 21 heavy (non-hydrogen) atoms. The summed E-state index contributed by atoms with van der Waals surface area (Å²) in [6, 6.07) is 8.62. The molecule has 1 aromatic rings. The molecule has 3 aliphatic rings. The van der Waals surface area contributed by atoms with Gasteiger partial charge in [-0.15, -0.1) is 0 Å². The second kappa shape index (κ2) is 5.04. The van der Waals surface area contributed by atoms with E-state index in [1.807, 2.05) is 12.1 Å². The summed E-state index contributed by atoms with van der Waals surface area (Å²) < 4.78 is 5.27. The highest BCUT2D eigenvalue weighted by molar-refractivity contribution is 5.83. The number of nitrogens with one attached hydrogen (secondary N) is 1. The molecule has 3 aliphatic carbocycles. The molecule has 3 nitrogen and oxygen atoms in total. The molecule has 0 unspecified atom stereocenters. The SMILES string of the molecule is COc1cccc([C@@H]2C[C@@H]2C(=O)NC(C2CC2)C2CC2)c1. The number of carbonyl (C=O) groups is 1. The van der Waals surface area contributed by atoms with Gasteiger partial charge in [0, 0.05) is 12.0 Å². The van der Waals surface area contributed by atoms with Crippen LogP contribution in [0.3, 0.4) is 0 Å². The van der Waals surface area contributed by atoms with E-state index in [-0.39, 0.29) is 11.8 Å². The number of amides is 1. The van der Waals surface area contributed by atoms with Crippen LogP contribution in [-0.4, -0.2) is 19.1 Å². The van der Waals surface area contributed by atoms with E-state index in [2.05, 4.69) is 17.4 Å². The predicted molar refractivity (Wildman–Crippen MR) is 81.2 cm³/mol. The zero-order valence-corrected chi connectivity index (χ0v) is 12.5. The number of hydrogen-bond donors (Lipinski definition) is 1. The minimum Gasteiger partial charge on any atom is -0.497 e. The quantitative estimate of drug-likeness (QED) is 0.872. The Bertz CT molecular complexity index is 536. The van der Waals surface area contributed by atoms with E-state index in [1.165, 1.54) is 31.2 Å². The van der Waals surface area contributed by atoms with Gasteiger partial charge in [-0.3, -0.25) is 4.79 Å². The van der Waals surface area contributed by atoms with E-state index in [1.54, 1.807) is 7.11 Å². The molecule has 3 fully saturated rings. The van der Waals surface area contributed by atoms with E-state index < -0.39 is 0 Å². The average molecular weight is 285 g/mol. The number of rotatable bonds is 6. The van der Waals surface area contributed by atoms with Crippen LogP contribution in [0.15, 0.2) is 24.3 Å². The molecule has 1 amide bonds. The molecule has 0 aromatic heterocycles. The molecule has 1 aromatic carbocycles. The van der Waals surface area contributed by atoms with Crippen molar-refractivity contribution in [3.8, 4) is 5.75 Å². The van der Waals surface area contributed by atoms with Crippen LogP contribution < -0.4 is 10.1 Å². The van der Waals surface area contributed by atoms with Gasteiger partial charge in [0.2, 0.25) is 5.91 Å². The molecule has 3 heteroatoms. The van der Waals surface area contributed by atoms with E-state index >= 15 is 0 Å². The van der Waals surface area contributed by atoms with E-state index in [0.29, 0.717) is 12.0 Å². The van der Waals surface area contributed by atoms with Crippen LogP contribution in [0.5, 0.6) is 5.75 Å². The van der Waals surface area contributed by atoms with Gasteiger partial charge < -0.3 is 10.1 Å². The number of ether oxygens (including phenoxy) is 1. The van der Waals surface area contributed by atoms with Crippen molar-refractivity contribution in [2.45, 2.75) is 44.1 Å². The van der Waals surface area contributed by atoms with Crippen LogP contribution >= 0.6 is 0 Å². The maximum atomic E-state index is 12.5. The van der Waals surface area contributed by atoms with Gasteiger partial charge in [0.05, 0.1) is 7.11 Å². The zero-order valence-electron chi connectivity index (χ0n) is 12.5. The summed E-state index contributed by atoms with van der Waals surface area (Å²) in [5.74, 6) is 3.28. The molecule has 0 spiro atoms. The van der Waals surface area contributed by atoms with Gasteiger partial charge >= 0.3 is 0 Å². The topological polar surface area (TPSA) is 38.3 Å². The van der Waals surface area contributed by atoms with Gasteiger partial charge in [-0.1, -0.05) is 12.1 Å². The van der Waals surface area contributed by atoms with Crippen LogP contribution in [0.1, 0.15) is 43.6 Å². The highest BCUT2D eigenvalue weighted by Crippen LogP contribution is 2.49. The summed E-state index contributed by atoms with van der Waals surface area (Å²) in [7, 11) is 1.69. The summed E-state index contributed by atoms with van der Waals surface area (Å²) in [4.78, 5) is 12.5. The van der Waals surface area contributed by atoms with Crippen molar-refractivity contribution in [3.63, 3.8) is 0 Å². The molecule has 0 heterocycles. The van der Waals surface area contributed by atoms with Crippen LogP contribution in [0.25, 0.3) is 0 Å². The first kappa shape index (κ1) is 13.2. The van der Waals surface area contributed by atoms with Gasteiger partial charge in [-0.05, 0) is 67.6 Å². The minimum absolute atomic E-state index is 0.178. The first-order valence-corrected chi connectivity index (χ1v) is 8.20. The van der Waals surface area contributed by atoms with Gasteiger partial charge in [0.15, 0.2) is 0 Å². The summed E-state index contributed by atoms with van der Waals surface area (Å²) >= 11 is 0. The van der Waals surface area contributed by atoms with E-state index in [0.717, 1.165) is 24.0 Å². The lowest BCUT2D eigenvalue weighted by Gasteiger charge is -2.17. The monoisotopic (exact) mass is 285 g/mol. The van der Waals surface area contributed by atoms with Gasteiger partial charge in [-0.25, -0.2) is 0 Å². The van der Waals surface area contributed by atoms with Crippen molar-refractivity contribution in [1.29, 1.82) is 0 Å². The van der Waals surface area contributed by atoms with E-state index in [4.69, 9.17) is 4.74 Å². The van der Waals surface area contributed by atoms with Crippen molar-refractivity contribution in [3.05, 3.63) is 29.8 Å². The summed E-state index contributed by atoms with van der Waals surface area (Å²) in [5.41, 5.74) is 1.24. The summed E-state index contributed by atoms with van der Waals surface area (Å²) in [5, 5.41) is 3.36. The Morgan fingerprint density at radius 2 is 1.95 bits per heavy atom. The van der Waals surface area contributed by atoms with Crippen molar-refractivity contribution in [1.82, 2.24) is 5.32 Å². The third-order valence-electron chi connectivity index (χ3n) is 5.22. The highest BCUT2D eigenvalue weighted by Gasteiger charge is 2.48. The first-order chi connectivity index (χ1) is 10.3. The predicted octanol–water partition coefficient (Wildman–Crippen LogP) is 3.10. The Balaban J connectivity index is 1.38. The Labute approximate surface area is 126 Å². The fraction of sp³-hybridized carbons (Fsp3) is 0.611. The van der Waals surface area contributed by atoms with E-state index in [9.17, 15) is 4.79 Å². The van der Waals surface area contributed by atoms with Crippen LogP contribution in [0, 0.1) is 17.8 Å². The summed E-state index contributed by atoms with van der Waals surface area (Å²) in [6.07, 6.45) is 6.23. The third-order valence-corrected chi connectivity index (χ3v) is 5.22. The standard InChI is InChI=1S/C18H23NO2/c1-21-14-4-2-3-13(9-14)15-10-16(15)18(20)19-17(11-5-6-11)12-7-8-12/h2-4,9,11-12,15-17H,5-8,10H2,1H3,(H,19,20)/t15-,16-/m0/s1. The van der Waals surface area contributed by atoms with Gasteiger partial charge in [-0.2, -0.15) is 0 Å². The van der Waals surface area contributed by atoms with Crippen LogP contribution in [0.2, 0.25) is 0 Å². The number of carbonyl (C=O) groups excluding carboxylic acids is 1. The molecule has 4 rings (SSSR count). The average Bonchev–Trinajstić information content (AvgIpc) is 3.40. The second-order valence-electron chi connectivity index (χ2n) is 6.93. The molecule has 2 atom stereocenters. The molecule has 0 bridgehead atoms. The Morgan fingerprint density at radius 1 is 1.24 bits per heavy atom. The smallest absolute Gasteiger partial charge is 0.223 e. The number of methoxy groups -OCH3 is 1. The lowest BCUT2D eigenvalue weighted by molar-refractivity contribution is -0.123. The normalized spacial score (nSPS) is 27.5. The van der Waals surface area contributed by atoms with Crippen molar-refractivity contribution < 1.29 is 9.53 Å². The fourth-order valence-corrected chi connectivity index (χ4v) is 3.53. The lowest BCUT2D eigenvalue weighted by Crippen LogP contribution is -2.39. The van der Waals surface area contributed by atoms with Crippen molar-refractivity contribution >= 4 is 5.91 Å². The third kappa shape index (κ3) is 2.78. The maximum Gasteiger partial charge on any atom is 0.223 e. The fourth-order valence-electron chi connectivity index (χ4n) is 3.53.